The van der Waals surface area contributed by atoms with Gasteiger partial charge in [-0.2, -0.15) is 4.98 Å². The normalized spacial score (nSPS) is 19.7. The van der Waals surface area contributed by atoms with Gasteiger partial charge in [0, 0.05) is 37.9 Å². The van der Waals surface area contributed by atoms with Gasteiger partial charge >= 0.3 is 0 Å². The predicted molar refractivity (Wildman–Crippen MR) is 105 cm³/mol. The lowest BCUT2D eigenvalue weighted by Gasteiger charge is -2.38. The molecule has 27 heavy (non-hydrogen) atoms. The van der Waals surface area contributed by atoms with Crippen LogP contribution in [-0.4, -0.2) is 34.8 Å². The van der Waals surface area contributed by atoms with Gasteiger partial charge in [0.15, 0.2) is 0 Å². The summed E-state index contributed by atoms with van der Waals surface area (Å²) in [6.07, 6.45) is 2.68. The zero-order valence-corrected chi connectivity index (χ0v) is 15.1. The standard InChI is InChI=1S/C22H23N3O2/c26-16-18-15-25(14-12-20(18)17-7-3-1-4-8-17)22-23-13-11-21(24-22)27-19-9-5-2-6-10-19/h1-11,13,18,20,26H,12,14-16H2/t18-,20+/m1/s1. The smallest absolute Gasteiger partial charge is 0.228 e. The number of benzene rings is 2. The fourth-order valence-corrected chi connectivity index (χ4v) is 3.69. The molecule has 0 unspecified atom stereocenters. The van der Waals surface area contributed by atoms with Gasteiger partial charge in [0.2, 0.25) is 11.8 Å². The van der Waals surface area contributed by atoms with Crippen molar-refractivity contribution in [2.24, 2.45) is 5.92 Å². The molecule has 1 aliphatic rings. The Labute approximate surface area is 159 Å². The summed E-state index contributed by atoms with van der Waals surface area (Å²) in [7, 11) is 0. The first-order valence-electron chi connectivity index (χ1n) is 9.30. The Morgan fingerprint density at radius 2 is 1.74 bits per heavy atom. The SMILES string of the molecule is OC[C@H]1CN(c2nccc(Oc3ccccc3)n2)CC[C@H]1c1ccccc1. The van der Waals surface area contributed by atoms with Crippen LogP contribution >= 0.6 is 0 Å². The van der Waals surface area contributed by atoms with Gasteiger partial charge in [0.05, 0.1) is 0 Å². The minimum atomic E-state index is 0.149. The van der Waals surface area contributed by atoms with Gasteiger partial charge in [0.1, 0.15) is 5.75 Å². The maximum Gasteiger partial charge on any atom is 0.228 e. The van der Waals surface area contributed by atoms with Crippen LogP contribution in [0.5, 0.6) is 11.6 Å². The zero-order chi connectivity index (χ0) is 18.5. The van der Waals surface area contributed by atoms with E-state index in [1.165, 1.54) is 5.56 Å². The van der Waals surface area contributed by atoms with Crippen molar-refractivity contribution in [2.75, 3.05) is 24.6 Å². The molecule has 5 nitrogen and oxygen atoms in total. The molecule has 0 bridgehead atoms. The summed E-state index contributed by atoms with van der Waals surface area (Å²) in [6, 6.07) is 21.8. The van der Waals surface area contributed by atoms with Crippen molar-refractivity contribution >= 4 is 5.95 Å². The maximum absolute atomic E-state index is 9.94. The van der Waals surface area contributed by atoms with Crippen LogP contribution in [0.3, 0.4) is 0 Å². The van der Waals surface area contributed by atoms with Gasteiger partial charge in [-0.15, -0.1) is 0 Å². The van der Waals surface area contributed by atoms with E-state index in [1.54, 1.807) is 12.3 Å². The van der Waals surface area contributed by atoms with Crippen LogP contribution < -0.4 is 9.64 Å². The molecule has 0 amide bonds. The lowest BCUT2D eigenvalue weighted by atomic mass is 9.81. The number of para-hydroxylation sites is 1. The number of ether oxygens (including phenoxy) is 1. The number of aromatic nitrogens is 2. The van der Waals surface area contributed by atoms with Crippen molar-refractivity contribution in [1.29, 1.82) is 0 Å². The average Bonchev–Trinajstić information content (AvgIpc) is 2.75. The molecule has 2 atom stereocenters. The predicted octanol–water partition coefficient (Wildman–Crippen LogP) is 3.87. The molecule has 0 radical (unpaired) electrons. The first-order chi connectivity index (χ1) is 13.3. The minimum Gasteiger partial charge on any atom is -0.439 e. The quantitative estimate of drug-likeness (QED) is 0.747. The van der Waals surface area contributed by atoms with Crippen LogP contribution in [0.2, 0.25) is 0 Å². The summed E-state index contributed by atoms with van der Waals surface area (Å²) in [5.74, 6) is 2.43. The van der Waals surface area contributed by atoms with Crippen LogP contribution in [0.1, 0.15) is 17.9 Å². The molecule has 1 fully saturated rings. The summed E-state index contributed by atoms with van der Waals surface area (Å²) in [5, 5.41) is 9.94. The Morgan fingerprint density at radius 3 is 2.48 bits per heavy atom. The minimum absolute atomic E-state index is 0.149. The van der Waals surface area contributed by atoms with E-state index in [0.717, 1.165) is 25.3 Å². The fourth-order valence-electron chi connectivity index (χ4n) is 3.69. The zero-order valence-electron chi connectivity index (χ0n) is 15.1. The highest BCUT2D eigenvalue weighted by Crippen LogP contribution is 2.34. The van der Waals surface area contributed by atoms with Crippen LogP contribution in [-0.2, 0) is 0 Å². The lowest BCUT2D eigenvalue weighted by molar-refractivity contribution is 0.189. The van der Waals surface area contributed by atoms with E-state index < -0.39 is 0 Å². The van der Waals surface area contributed by atoms with Crippen molar-refractivity contribution < 1.29 is 9.84 Å². The topological polar surface area (TPSA) is 58.5 Å². The molecule has 1 N–H and O–H groups in total. The van der Waals surface area contributed by atoms with Crippen LogP contribution in [0, 0.1) is 5.92 Å². The second-order valence-electron chi connectivity index (χ2n) is 6.80. The first kappa shape index (κ1) is 17.5. The van der Waals surface area contributed by atoms with E-state index in [2.05, 4.69) is 39.1 Å². The molecule has 5 heteroatoms. The number of hydrogen-bond acceptors (Lipinski definition) is 5. The third kappa shape index (κ3) is 4.09. The number of piperidine rings is 1. The molecule has 1 aliphatic heterocycles. The Morgan fingerprint density at radius 1 is 1.00 bits per heavy atom. The lowest BCUT2D eigenvalue weighted by Crippen LogP contribution is -2.41. The van der Waals surface area contributed by atoms with Crippen LogP contribution in [0.15, 0.2) is 72.9 Å². The molecular weight excluding hydrogens is 338 g/mol. The molecule has 1 aromatic heterocycles. The van der Waals surface area contributed by atoms with Gasteiger partial charge in [-0.05, 0) is 30.0 Å². The molecule has 0 spiro atoms. The van der Waals surface area contributed by atoms with E-state index in [9.17, 15) is 5.11 Å². The summed E-state index contributed by atoms with van der Waals surface area (Å²) in [6.45, 7) is 1.73. The summed E-state index contributed by atoms with van der Waals surface area (Å²) < 4.78 is 5.83. The van der Waals surface area contributed by atoms with Crippen LogP contribution in [0.25, 0.3) is 0 Å². The number of rotatable bonds is 5. The number of nitrogens with zero attached hydrogens (tertiary/aromatic N) is 3. The Balaban J connectivity index is 1.49. The van der Waals surface area contributed by atoms with E-state index in [0.29, 0.717) is 17.7 Å². The highest BCUT2D eigenvalue weighted by Gasteiger charge is 2.31. The van der Waals surface area contributed by atoms with Crippen molar-refractivity contribution in [3.8, 4) is 11.6 Å². The van der Waals surface area contributed by atoms with E-state index >= 15 is 0 Å². The molecule has 0 aliphatic carbocycles. The van der Waals surface area contributed by atoms with E-state index in [-0.39, 0.29) is 12.5 Å². The molecule has 138 valence electrons. The molecular formula is C22H23N3O2. The maximum atomic E-state index is 9.94. The molecule has 0 saturated carbocycles. The Kier molecular flexibility index (Phi) is 5.30. The molecule has 1 saturated heterocycles. The number of aliphatic hydroxyl groups excluding tert-OH is 1. The monoisotopic (exact) mass is 361 g/mol. The largest absolute Gasteiger partial charge is 0.439 e. The van der Waals surface area contributed by atoms with Crippen molar-refractivity contribution in [2.45, 2.75) is 12.3 Å². The number of anilines is 1. The average molecular weight is 361 g/mol. The van der Waals surface area contributed by atoms with Gasteiger partial charge in [-0.3, -0.25) is 0 Å². The van der Waals surface area contributed by atoms with Gasteiger partial charge in [-0.1, -0.05) is 48.5 Å². The third-order valence-electron chi connectivity index (χ3n) is 5.06. The summed E-state index contributed by atoms with van der Waals surface area (Å²) in [5.41, 5.74) is 1.29. The van der Waals surface area contributed by atoms with Crippen molar-refractivity contribution in [3.05, 3.63) is 78.5 Å². The van der Waals surface area contributed by atoms with Crippen LogP contribution in [0.4, 0.5) is 5.95 Å². The Hall–Kier alpha value is -2.92. The second kappa shape index (κ2) is 8.18. The molecule has 2 aromatic carbocycles. The van der Waals surface area contributed by atoms with Gasteiger partial charge < -0.3 is 14.7 Å². The van der Waals surface area contributed by atoms with Gasteiger partial charge in [-0.25, -0.2) is 4.98 Å². The Bertz CT molecular complexity index is 858. The molecule has 3 aromatic rings. The third-order valence-corrected chi connectivity index (χ3v) is 5.06. The molecule has 4 rings (SSSR count). The number of hydrogen-bond donors (Lipinski definition) is 1. The van der Waals surface area contributed by atoms with Gasteiger partial charge in [0.25, 0.3) is 0 Å². The van der Waals surface area contributed by atoms with Crippen molar-refractivity contribution in [3.63, 3.8) is 0 Å². The second-order valence-corrected chi connectivity index (χ2v) is 6.80. The summed E-state index contributed by atoms with van der Waals surface area (Å²) >= 11 is 0. The number of aliphatic hydroxyl groups is 1. The van der Waals surface area contributed by atoms with E-state index in [1.807, 2.05) is 36.4 Å². The highest BCUT2D eigenvalue weighted by atomic mass is 16.5. The first-order valence-corrected chi connectivity index (χ1v) is 9.30. The van der Waals surface area contributed by atoms with Crippen molar-refractivity contribution in [1.82, 2.24) is 9.97 Å². The summed E-state index contributed by atoms with van der Waals surface area (Å²) in [4.78, 5) is 11.1. The molecule has 2 heterocycles. The fraction of sp³-hybridized carbons (Fsp3) is 0.273. The van der Waals surface area contributed by atoms with E-state index in [4.69, 9.17) is 4.74 Å². The highest BCUT2D eigenvalue weighted by molar-refractivity contribution is 5.36.